The van der Waals surface area contributed by atoms with Gasteiger partial charge in [-0.2, -0.15) is 0 Å². The zero-order valence-electron chi connectivity index (χ0n) is 14.1. The van der Waals surface area contributed by atoms with Crippen LogP contribution in [0.2, 0.25) is 0 Å². The molecule has 2 bridgehead atoms. The number of aromatic nitrogens is 1. The molecule has 2 aromatic carbocycles. The first kappa shape index (κ1) is 13.9. The highest BCUT2D eigenvalue weighted by molar-refractivity contribution is 5.87. The molecule has 0 amide bonds. The number of para-hydroxylation sites is 1. The minimum absolute atomic E-state index is 0.437. The molecule has 3 unspecified atom stereocenters. The number of nitrogens with zero attached hydrogens (tertiary/aromatic N) is 1. The molecule has 2 aliphatic carbocycles. The van der Waals surface area contributed by atoms with Crippen molar-refractivity contribution in [1.29, 1.82) is 0 Å². The lowest BCUT2D eigenvalue weighted by atomic mass is 9.73. The first-order valence-corrected chi connectivity index (χ1v) is 8.67. The second kappa shape index (κ2) is 5.01. The van der Waals surface area contributed by atoms with E-state index in [1.807, 2.05) is 0 Å². The highest BCUT2D eigenvalue weighted by atomic mass is 16.5. The summed E-state index contributed by atoms with van der Waals surface area (Å²) in [5, 5.41) is 1.41. The van der Waals surface area contributed by atoms with Gasteiger partial charge in [0.05, 0.1) is 7.11 Å². The van der Waals surface area contributed by atoms with Gasteiger partial charge in [-0.1, -0.05) is 42.5 Å². The van der Waals surface area contributed by atoms with Crippen LogP contribution in [0.5, 0.6) is 5.75 Å². The summed E-state index contributed by atoms with van der Waals surface area (Å²) < 4.78 is 7.76. The Bertz CT molecular complexity index is 948. The van der Waals surface area contributed by atoms with Gasteiger partial charge >= 0.3 is 0 Å². The normalized spacial score (nSPS) is 24.3. The summed E-state index contributed by atoms with van der Waals surface area (Å²) in [6.45, 7) is 0. The Hall–Kier alpha value is -2.48. The molecular weight excluding hydrogens is 294 g/mol. The van der Waals surface area contributed by atoms with Crippen LogP contribution in [0.4, 0.5) is 0 Å². The van der Waals surface area contributed by atoms with E-state index in [1.54, 1.807) is 7.11 Å². The molecule has 3 aromatic rings. The van der Waals surface area contributed by atoms with Crippen molar-refractivity contribution in [2.45, 2.75) is 18.3 Å². The highest BCUT2D eigenvalue weighted by Crippen LogP contribution is 2.53. The number of fused-ring (bicyclic) bond motifs is 6. The predicted molar refractivity (Wildman–Crippen MR) is 97.7 cm³/mol. The number of allylic oxidation sites excluding steroid dienone is 2. The number of ether oxygens (including phenoxy) is 1. The van der Waals surface area contributed by atoms with Crippen LogP contribution in [0.15, 0.2) is 60.7 Å². The molecule has 1 aromatic heterocycles. The molecule has 120 valence electrons. The Morgan fingerprint density at radius 1 is 1.00 bits per heavy atom. The number of aryl methyl sites for hydroxylation is 1. The summed E-state index contributed by atoms with van der Waals surface area (Å²) in [5.74, 6) is 2.53. The average Bonchev–Trinajstić information content (AvgIpc) is 3.17. The van der Waals surface area contributed by atoms with Crippen LogP contribution in [-0.2, 0) is 7.05 Å². The minimum atomic E-state index is 0.437. The fraction of sp³-hybridized carbons (Fsp3) is 0.273. The monoisotopic (exact) mass is 315 g/mol. The Labute approximate surface area is 142 Å². The van der Waals surface area contributed by atoms with Crippen LogP contribution in [0.1, 0.15) is 35.1 Å². The molecule has 3 atom stereocenters. The van der Waals surface area contributed by atoms with Crippen molar-refractivity contribution < 1.29 is 4.74 Å². The summed E-state index contributed by atoms with van der Waals surface area (Å²) in [6.07, 6.45) is 6.09. The second-order valence-corrected chi connectivity index (χ2v) is 7.02. The van der Waals surface area contributed by atoms with Crippen molar-refractivity contribution in [3.05, 3.63) is 77.5 Å². The first-order valence-electron chi connectivity index (χ1n) is 8.67. The first-order chi connectivity index (χ1) is 11.8. The van der Waals surface area contributed by atoms with Crippen LogP contribution in [-0.4, -0.2) is 11.7 Å². The van der Waals surface area contributed by atoms with Crippen molar-refractivity contribution in [3.63, 3.8) is 0 Å². The van der Waals surface area contributed by atoms with E-state index in [-0.39, 0.29) is 0 Å². The van der Waals surface area contributed by atoms with E-state index in [0.29, 0.717) is 17.8 Å². The highest BCUT2D eigenvalue weighted by Gasteiger charge is 2.40. The molecule has 0 fully saturated rings. The Morgan fingerprint density at radius 3 is 2.58 bits per heavy atom. The van der Waals surface area contributed by atoms with Gasteiger partial charge in [-0.3, -0.25) is 0 Å². The van der Waals surface area contributed by atoms with Gasteiger partial charge in [0.1, 0.15) is 5.75 Å². The van der Waals surface area contributed by atoms with Crippen molar-refractivity contribution >= 4 is 10.9 Å². The predicted octanol–water partition coefficient (Wildman–Crippen LogP) is 4.99. The maximum Gasteiger partial charge on any atom is 0.118 e. The lowest BCUT2D eigenvalue weighted by Crippen LogP contribution is -2.20. The van der Waals surface area contributed by atoms with Crippen LogP contribution in [0.25, 0.3) is 10.9 Å². The molecule has 0 spiro atoms. The largest absolute Gasteiger partial charge is 0.497 e. The van der Waals surface area contributed by atoms with Crippen LogP contribution >= 0.6 is 0 Å². The number of rotatable bonds is 2. The van der Waals surface area contributed by atoms with Gasteiger partial charge in [-0.15, -0.1) is 0 Å². The van der Waals surface area contributed by atoms with Crippen LogP contribution in [0, 0.1) is 5.92 Å². The molecule has 0 N–H and O–H groups in total. The summed E-state index contributed by atoms with van der Waals surface area (Å²) >= 11 is 0. The quantitative estimate of drug-likeness (QED) is 0.608. The van der Waals surface area contributed by atoms with Gasteiger partial charge in [0, 0.05) is 35.5 Å². The van der Waals surface area contributed by atoms with Gasteiger partial charge in [-0.05, 0) is 41.7 Å². The molecule has 0 aliphatic heterocycles. The third kappa shape index (κ3) is 1.77. The summed E-state index contributed by atoms with van der Waals surface area (Å²) in [6, 6.07) is 17.5. The average molecular weight is 315 g/mol. The summed E-state index contributed by atoms with van der Waals surface area (Å²) in [7, 11) is 3.95. The van der Waals surface area contributed by atoms with Crippen LogP contribution < -0.4 is 4.74 Å². The molecular formula is C22H21NO. The lowest BCUT2D eigenvalue weighted by molar-refractivity contribution is 0.414. The zero-order valence-corrected chi connectivity index (χ0v) is 14.1. The molecule has 2 aliphatic rings. The van der Waals surface area contributed by atoms with Gasteiger partial charge < -0.3 is 9.30 Å². The van der Waals surface area contributed by atoms with E-state index in [0.717, 1.165) is 5.75 Å². The van der Waals surface area contributed by atoms with Crippen molar-refractivity contribution in [1.82, 2.24) is 4.57 Å². The van der Waals surface area contributed by atoms with Crippen molar-refractivity contribution in [2.75, 3.05) is 7.11 Å². The van der Waals surface area contributed by atoms with Gasteiger partial charge in [0.2, 0.25) is 0 Å². The number of hydrogen-bond donors (Lipinski definition) is 0. The fourth-order valence-corrected chi connectivity index (χ4v) is 4.83. The second-order valence-electron chi connectivity index (χ2n) is 7.02. The molecule has 0 saturated heterocycles. The SMILES string of the molecule is COc1ccc(C2c3c(n(C)c4ccccc34)C3C=CC2C3)cc1. The van der Waals surface area contributed by atoms with Gasteiger partial charge in [0.25, 0.3) is 0 Å². The number of methoxy groups -OCH3 is 1. The van der Waals surface area contributed by atoms with E-state index in [4.69, 9.17) is 4.74 Å². The maximum absolute atomic E-state index is 5.34. The van der Waals surface area contributed by atoms with Crippen LogP contribution in [0.3, 0.4) is 0 Å². The Kier molecular flexibility index (Phi) is 2.90. The Morgan fingerprint density at radius 2 is 1.79 bits per heavy atom. The molecule has 24 heavy (non-hydrogen) atoms. The molecule has 0 radical (unpaired) electrons. The van der Waals surface area contributed by atoms with E-state index >= 15 is 0 Å². The van der Waals surface area contributed by atoms with E-state index in [2.05, 4.69) is 72.3 Å². The molecule has 0 saturated carbocycles. The smallest absolute Gasteiger partial charge is 0.118 e. The standard InChI is InChI=1S/C22H21NO/c1-23-19-6-4-3-5-18(19)21-20(14-9-11-17(24-2)12-10-14)15-7-8-16(13-15)22(21)23/h3-12,15-16,20H,13H2,1-2H3. The maximum atomic E-state index is 5.34. The van der Waals surface area contributed by atoms with Crippen molar-refractivity contribution in [2.24, 2.45) is 13.0 Å². The lowest BCUT2D eigenvalue weighted by Gasteiger charge is -2.31. The van der Waals surface area contributed by atoms with E-state index in [9.17, 15) is 0 Å². The van der Waals surface area contributed by atoms with Gasteiger partial charge in [-0.25, -0.2) is 0 Å². The molecule has 2 nitrogen and oxygen atoms in total. The zero-order chi connectivity index (χ0) is 16.3. The molecule has 1 heterocycles. The summed E-state index contributed by atoms with van der Waals surface area (Å²) in [5.41, 5.74) is 5.77. The van der Waals surface area contributed by atoms with E-state index in [1.165, 1.54) is 34.1 Å². The fourth-order valence-electron chi connectivity index (χ4n) is 4.83. The third-order valence-electron chi connectivity index (χ3n) is 5.87. The minimum Gasteiger partial charge on any atom is -0.497 e. The topological polar surface area (TPSA) is 14.2 Å². The molecule has 2 heteroatoms. The number of benzene rings is 2. The summed E-state index contributed by atoms with van der Waals surface area (Å²) in [4.78, 5) is 0. The molecule has 5 rings (SSSR count). The van der Waals surface area contributed by atoms with Crippen molar-refractivity contribution in [3.8, 4) is 5.75 Å². The Balaban J connectivity index is 1.78. The number of hydrogen-bond acceptors (Lipinski definition) is 1. The van der Waals surface area contributed by atoms with E-state index < -0.39 is 0 Å². The van der Waals surface area contributed by atoms with Gasteiger partial charge in [0.15, 0.2) is 0 Å². The third-order valence-corrected chi connectivity index (χ3v) is 5.87.